The Bertz CT molecular complexity index is 566. The molecule has 132 valence electrons. The number of benzene rings is 1. The molecule has 1 fully saturated rings. The summed E-state index contributed by atoms with van der Waals surface area (Å²) in [7, 11) is 2.92. The van der Waals surface area contributed by atoms with Crippen molar-refractivity contribution < 1.29 is 23.8 Å². The predicted octanol–water partition coefficient (Wildman–Crippen LogP) is 2.46. The molecule has 0 aromatic heterocycles. The van der Waals surface area contributed by atoms with Crippen molar-refractivity contribution in [1.82, 2.24) is 5.32 Å². The van der Waals surface area contributed by atoms with Crippen molar-refractivity contribution in [3.63, 3.8) is 0 Å². The molecule has 0 unspecified atom stereocenters. The van der Waals surface area contributed by atoms with Crippen molar-refractivity contribution in [2.24, 2.45) is 0 Å². The average Bonchev–Trinajstić information content (AvgIpc) is 2.62. The van der Waals surface area contributed by atoms with Crippen LogP contribution < -0.4 is 14.8 Å². The fraction of sp³-hybridized carbons (Fsp3) is 0.556. The van der Waals surface area contributed by atoms with Crippen molar-refractivity contribution in [2.45, 2.75) is 44.1 Å². The van der Waals surface area contributed by atoms with Gasteiger partial charge in [-0.3, -0.25) is 4.79 Å². The second-order valence-electron chi connectivity index (χ2n) is 5.93. The van der Waals surface area contributed by atoms with E-state index in [4.69, 9.17) is 14.2 Å². The van der Waals surface area contributed by atoms with E-state index in [2.05, 4.69) is 5.32 Å². The lowest BCUT2D eigenvalue weighted by Crippen LogP contribution is -2.56. The second kappa shape index (κ2) is 8.57. The Morgan fingerprint density at radius 2 is 1.75 bits per heavy atom. The molecule has 1 aromatic carbocycles. The highest BCUT2D eigenvalue weighted by molar-refractivity contribution is 5.88. The molecule has 1 saturated carbocycles. The fourth-order valence-electron chi connectivity index (χ4n) is 3.05. The van der Waals surface area contributed by atoms with E-state index in [-0.39, 0.29) is 24.9 Å². The maximum Gasteiger partial charge on any atom is 0.331 e. The summed E-state index contributed by atoms with van der Waals surface area (Å²) in [5, 5.41) is 2.87. The molecule has 1 amide bonds. The molecular weight excluding hydrogens is 310 g/mol. The van der Waals surface area contributed by atoms with Gasteiger partial charge in [-0.2, -0.15) is 0 Å². The molecule has 24 heavy (non-hydrogen) atoms. The van der Waals surface area contributed by atoms with Crippen molar-refractivity contribution >= 4 is 11.9 Å². The van der Waals surface area contributed by atoms with Gasteiger partial charge in [-0.15, -0.1) is 0 Å². The zero-order chi connectivity index (χ0) is 17.4. The molecule has 0 bridgehead atoms. The minimum Gasteiger partial charge on any atom is -0.493 e. The molecule has 0 spiro atoms. The van der Waals surface area contributed by atoms with Crippen LogP contribution in [0.3, 0.4) is 0 Å². The first-order chi connectivity index (χ1) is 11.6. The molecule has 1 N–H and O–H groups in total. The van der Waals surface area contributed by atoms with Gasteiger partial charge in [0.1, 0.15) is 5.54 Å². The van der Waals surface area contributed by atoms with Crippen LogP contribution in [0.15, 0.2) is 24.3 Å². The van der Waals surface area contributed by atoms with Gasteiger partial charge in [0, 0.05) is 0 Å². The zero-order valence-electron chi connectivity index (χ0n) is 14.3. The first-order valence-electron chi connectivity index (χ1n) is 8.26. The Balaban J connectivity index is 1.88. The SMILES string of the molecule is COC(=O)C1(NC(=O)CCOc2ccccc2OC)CCCCC1. The molecule has 0 aliphatic heterocycles. The lowest BCUT2D eigenvalue weighted by atomic mass is 9.81. The topological polar surface area (TPSA) is 73.9 Å². The summed E-state index contributed by atoms with van der Waals surface area (Å²) in [4.78, 5) is 24.4. The van der Waals surface area contributed by atoms with E-state index in [0.717, 1.165) is 19.3 Å². The van der Waals surface area contributed by atoms with Gasteiger partial charge >= 0.3 is 5.97 Å². The predicted molar refractivity (Wildman–Crippen MR) is 89.1 cm³/mol. The summed E-state index contributed by atoms with van der Waals surface area (Å²) in [5.41, 5.74) is -0.880. The van der Waals surface area contributed by atoms with Gasteiger partial charge in [0.2, 0.25) is 5.91 Å². The van der Waals surface area contributed by atoms with Crippen molar-refractivity contribution in [2.75, 3.05) is 20.8 Å². The highest BCUT2D eigenvalue weighted by Gasteiger charge is 2.41. The van der Waals surface area contributed by atoms with Gasteiger partial charge in [0.15, 0.2) is 11.5 Å². The molecule has 6 heteroatoms. The number of rotatable bonds is 7. The lowest BCUT2D eigenvalue weighted by molar-refractivity contribution is -0.152. The number of carbonyl (C=O) groups is 2. The average molecular weight is 335 g/mol. The molecular formula is C18H25NO5. The Morgan fingerprint density at radius 3 is 2.38 bits per heavy atom. The highest BCUT2D eigenvalue weighted by Crippen LogP contribution is 2.29. The third-order valence-corrected chi connectivity index (χ3v) is 4.32. The van der Waals surface area contributed by atoms with Crippen molar-refractivity contribution in [1.29, 1.82) is 0 Å². The van der Waals surface area contributed by atoms with Crippen LogP contribution in [0, 0.1) is 0 Å². The van der Waals surface area contributed by atoms with Crippen LogP contribution in [0.1, 0.15) is 38.5 Å². The van der Waals surface area contributed by atoms with E-state index < -0.39 is 5.54 Å². The minimum atomic E-state index is -0.880. The quantitative estimate of drug-likeness (QED) is 0.775. The Hall–Kier alpha value is -2.24. The molecule has 6 nitrogen and oxygen atoms in total. The number of carbonyl (C=O) groups excluding carboxylic acids is 2. The summed E-state index contributed by atoms with van der Waals surface area (Å²) < 4.78 is 15.7. The number of methoxy groups -OCH3 is 2. The largest absolute Gasteiger partial charge is 0.493 e. The van der Waals surface area contributed by atoms with Crippen LogP contribution >= 0.6 is 0 Å². The smallest absolute Gasteiger partial charge is 0.331 e. The number of esters is 1. The first-order valence-corrected chi connectivity index (χ1v) is 8.26. The van der Waals surface area contributed by atoms with E-state index in [1.165, 1.54) is 7.11 Å². The van der Waals surface area contributed by atoms with Crippen molar-refractivity contribution in [3.8, 4) is 11.5 Å². The molecule has 0 atom stereocenters. The molecule has 0 radical (unpaired) electrons. The van der Waals surface area contributed by atoms with E-state index in [1.807, 2.05) is 12.1 Å². The summed E-state index contributed by atoms with van der Waals surface area (Å²) in [6, 6.07) is 7.27. The van der Waals surface area contributed by atoms with E-state index in [1.54, 1.807) is 19.2 Å². The molecule has 1 aliphatic carbocycles. The van der Waals surface area contributed by atoms with Crippen molar-refractivity contribution in [3.05, 3.63) is 24.3 Å². The summed E-state index contributed by atoms with van der Waals surface area (Å²) in [6.45, 7) is 0.212. The van der Waals surface area contributed by atoms with E-state index in [9.17, 15) is 9.59 Å². The Labute approximate surface area is 142 Å². The van der Waals surface area contributed by atoms with E-state index >= 15 is 0 Å². The number of para-hydroxylation sites is 2. The van der Waals surface area contributed by atoms with Gasteiger partial charge in [-0.1, -0.05) is 31.4 Å². The Kier molecular flexibility index (Phi) is 6.46. The zero-order valence-corrected chi connectivity index (χ0v) is 14.3. The summed E-state index contributed by atoms with van der Waals surface area (Å²) in [6.07, 6.45) is 4.31. The van der Waals surface area contributed by atoms with Crippen LogP contribution in [0.25, 0.3) is 0 Å². The van der Waals surface area contributed by atoms with Crippen LogP contribution in [-0.4, -0.2) is 38.2 Å². The van der Waals surface area contributed by atoms with Gasteiger partial charge in [-0.25, -0.2) is 4.79 Å². The second-order valence-corrected chi connectivity index (χ2v) is 5.93. The number of amides is 1. The first kappa shape index (κ1) is 18.1. The molecule has 2 rings (SSSR count). The van der Waals surface area contributed by atoms with E-state index in [0.29, 0.717) is 24.3 Å². The normalized spacial score (nSPS) is 16.1. The third kappa shape index (κ3) is 4.40. The molecule has 1 aliphatic rings. The van der Waals surface area contributed by atoms with Gasteiger partial charge in [0.05, 0.1) is 27.2 Å². The highest BCUT2D eigenvalue weighted by atomic mass is 16.5. The number of nitrogens with one attached hydrogen (secondary N) is 1. The fourth-order valence-corrected chi connectivity index (χ4v) is 3.05. The van der Waals surface area contributed by atoms with Crippen LogP contribution in [0.2, 0.25) is 0 Å². The van der Waals surface area contributed by atoms with Gasteiger partial charge < -0.3 is 19.5 Å². The molecule has 0 saturated heterocycles. The van der Waals surface area contributed by atoms with Crippen LogP contribution in [0.5, 0.6) is 11.5 Å². The van der Waals surface area contributed by atoms with Crippen LogP contribution in [-0.2, 0) is 14.3 Å². The van der Waals surface area contributed by atoms with Gasteiger partial charge in [-0.05, 0) is 25.0 Å². The lowest BCUT2D eigenvalue weighted by Gasteiger charge is -2.35. The van der Waals surface area contributed by atoms with Gasteiger partial charge in [0.25, 0.3) is 0 Å². The number of ether oxygens (including phenoxy) is 3. The number of hydrogen-bond acceptors (Lipinski definition) is 5. The maximum atomic E-state index is 12.3. The summed E-state index contributed by atoms with van der Waals surface area (Å²) in [5.74, 6) is 0.641. The molecule has 1 aromatic rings. The minimum absolute atomic E-state index is 0.163. The third-order valence-electron chi connectivity index (χ3n) is 4.32. The Morgan fingerprint density at radius 1 is 1.08 bits per heavy atom. The monoisotopic (exact) mass is 335 g/mol. The number of hydrogen-bond donors (Lipinski definition) is 1. The van der Waals surface area contributed by atoms with Crippen LogP contribution in [0.4, 0.5) is 0 Å². The standard InChI is InChI=1S/C18H25NO5/c1-22-14-8-4-5-9-15(14)24-13-10-16(20)19-18(17(21)23-2)11-6-3-7-12-18/h4-5,8-9H,3,6-7,10-13H2,1-2H3,(H,19,20). The maximum absolute atomic E-state index is 12.3. The summed E-state index contributed by atoms with van der Waals surface area (Å²) >= 11 is 0. The molecule has 0 heterocycles.